The molecule has 2 rings (SSSR count). The number of rotatable bonds is 3. The summed E-state index contributed by atoms with van der Waals surface area (Å²) in [6.45, 7) is 2.86. The Kier molecular flexibility index (Phi) is 4.77. The minimum Gasteiger partial charge on any atom is -0.396 e. The average molecular weight is 336 g/mol. The molecule has 1 heterocycles. The number of hydrogen-bond acceptors (Lipinski definition) is 4. The molecule has 0 saturated carbocycles. The van der Waals surface area contributed by atoms with Gasteiger partial charge >= 0.3 is 0 Å². The molecule has 1 aromatic rings. The van der Waals surface area contributed by atoms with Gasteiger partial charge in [0, 0.05) is 12.1 Å². The number of hydrogen-bond donors (Lipinski definition) is 2. The summed E-state index contributed by atoms with van der Waals surface area (Å²) >= 11 is 5.83. The van der Waals surface area contributed by atoms with Crippen LogP contribution in [0.1, 0.15) is 19.8 Å². The molecule has 0 spiro atoms. The molecule has 0 radical (unpaired) electrons. The highest BCUT2D eigenvalue weighted by atomic mass is 35.5. The molecule has 0 bridgehead atoms. The van der Waals surface area contributed by atoms with Crippen molar-refractivity contribution in [1.29, 1.82) is 0 Å². The normalized spacial score (nSPS) is 24.2. The number of nitrogens with one attached hydrogen (secondary N) is 1. The van der Waals surface area contributed by atoms with E-state index < -0.39 is 15.8 Å². The molecule has 1 saturated heterocycles. The number of halogens is 2. The van der Waals surface area contributed by atoms with E-state index in [1.807, 2.05) is 14.0 Å². The third-order valence-electron chi connectivity index (χ3n) is 3.87. The van der Waals surface area contributed by atoms with Crippen molar-refractivity contribution in [3.05, 3.63) is 23.0 Å². The highest BCUT2D eigenvalue weighted by molar-refractivity contribution is 7.89. The van der Waals surface area contributed by atoms with Crippen molar-refractivity contribution in [1.82, 2.24) is 9.62 Å². The first-order valence-corrected chi connectivity index (χ1v) is 8.54. The van der Waals surface area contributed by atoms with Crippen LogP contribution in [0.25, 0.3) is 0 Å². The van der Waals surface area contributed by atoms with E-state index in [-0.39, 0.29) is 21.6 Å². The molecular formula is C13H19ClFN3O2S. The number of nitrogens with zero attached hydrogens (tertiary/aromatic N) is 1. The maximum absolute atomic E-state index is 13.3. The summed E-state index contributed by atoms with van der Waals surface area (Å²) in [7, 11) is -1.81. The zero-order valence-corrected chi connectivity index (χ0v) is 13.5. The van der Waals surface area contributed by atoms with Crippen molar-refractivity contribution in [2.24, 2.45) is 0 Å². The molecule has 0 aliphatic carbocycles. The van der Waals surface area contributed by atoms with Crippen LogP contribution >= 0.6 is 11.6 Å². The van der Waals surface area contributed by atoms with Gasteiger partial charge < -0.3 is 10.6 Å². The van der Waals surface area contributed by atoms with Crippen molar-refractivity contribution in [3.8, 4) is 0 Å². The smallest absolute Gasteiger partial charge is 0.242 e. The monoisotopic (exact) mass is 335 g/mol. The van der Waals surface area contributed by atoms with Gasteiger partial charge in [-0.25, -0.2) is 17.5 Å². The summed E-state index contributed by atoms with van der Waals surface area (Å²) in [4.78, 5) is 1.99. The number of nitrogen functional groups attached to an aromatic ring is 1. The minimum absolute atomic E-state index is 0.163. The van der Waals surface area contributed by atoms with Crippen molar-refractivity contribution in [2.45, 2.75) is 36.7 Å². The van der Waals surface area contributed by atoms with Crippen LogP contribution in [0.5, 0.6) is 0 Å². The molecule has 118 valence electrons. The fraction of sp³-hybridized carbons (Fsp3) is 0.538. The fourth-order valence-electron chi connectivity index (χ4n) is 2.43. The number of nitrogens with two attached hydrogens (primary N) is 1. The maximum Gasteiger partial charge on any atom is 0.242 e. The van der Waals surface area contributed by atoms with Gasteiger partial charge in [0.15, 0.2) is 0 Å². The molecule has 1 aliphatic rings. The summed E-state index contributed by atoms with van der Waals surface area (Å²) in [6, 6.07) is 2.10. The van der Waals surface area contributed by atoms with E-state index >= 15 is 0 Å². The Labute approximate surface area is 129 Å². The fourth-order valence-corrected chi connectivity index (χ4v) is 4.26. The highest BCUT2D eigenvalue weighted by Crippen LogP contribution is 2.27. The van der Waals surface area contributed by atoms with Crippen molar-refractivity contribution in [3.63, 3.8) is 0 Å². The number of benzene rings is 1. The molecule has 1 fully saturated rings. The third-order valence-corrected chi connectivity index (χ3v) is 5.86. The predicted molar refractivity (Wildman–Crippen MR) is 81.3 cm³/mol. The summed E-state index contributed by atoms with van der Waals surface area (Å²) in [5, 5.41) is -0.171. The molecule has 1 aromatic carbocycles. The molecule has 0 amide bonds. The Morgan fingerprint density at radius 1 is 1.48 bits per heavy atom. The summed E-state index contributed by atoms with van der Waals surface area (Å²) in [5.41, 5.74) is 5.19. The van der Waals surface area contributed by atoms with Crippen molar-refractivity contribution < 1.29 is 12.8 Å². The van der Waals surface area contributed by atoms with Gasteiger partial charge in [0.25, 0.3) is 0 Å². The molecule has 21 heavy (non-hydrogen) atoms. The first-order valence-electron chi connectivity index (χ1n) is 6.68. The van der Waals surface area contributed by atoms with Crippen LogP contribution in [0, 0.1) is 5.82 Å². The van der Waals surface area contributed by atoms with Gasteiger partial charge in [-0.3, -0.25) is 0 Å². The highest BCUT2D eigenvalue weighted by Gasteiger charge is 2.28. The van der Waals surface area contributed by atoms with Crippen molar-refractivity contribution in [2.75, 3.05) is 19.3 Å². The average Bonchev–Trinajstić information content (AvgIpc) is 2.37. The zero-order valence-electron chi connectivity index (χ0n) is 11.9. The van der Waals surface area contributed by atoms with Crippen LogP contribution < -0.4 is 10.5 Å². The van der Waals surface area contributed by atoms with Gasteiger partial charge in [-0.1, -0.05) is 11.6 Å². The second-order valence-electron chi connectivity index (χ2n) is 5.48. The standard InChI is InChI=1S/C13H19ClFN3O2S/c1-8-5-9(3-4-18(8)2)17-21(19,20)13-7-12(16)11(15)6-10(13)14/h6-9,17H,3-5,16H2,1-2H3. The molecule has 2 unspecified atom stereocenters. The molecule has 2 atom stereocenters. The number of anilines is 1. The van der Waals surface area contributed by atoms with Crippen LogP contribution in [-0.2, 0) is 10.0 Å². The van der Waals surface area contributed by atoms with Gasteiger partial charge in [0.1, 0.15) is 10.7 Å². The minimum atomic E-state index is -3.82. The van der Waals surface area contributed by atoms with Crippen LogP contribution in [0.2, 0.25) is 5.02 Å². The van der Waals surface area contributed by atoms with E-state index in [1.54, 1.807) is 0 Å². The van der Waals surface area contributed by atoms with Gasteiger partial charge in [-0.2, -0.15) is 0 Å². The van der Waals surface area contributed by atoms with Gasteiger partial charge in [-0.05, 0) is 45.5 Å². The van der Waals surface area contributed by atoms with E-state index in [9.17, 15) is 12.8 Å². The van der Waals surface area contributed by atoms with E-state index in [0.717, 1.165) is 18.7 Å². The lowest BCUT2D eigenvalue weighted by Gasteiger charge is -2.35. The molecule has 0 aromatic heterocycles. The van der Waals surface area contributed by atoms with E-state index in [4.69, 9.17) is 17.3 Å². The van der Waals surface area contributed by atoms with Crippen LogP contribution in [0.4, 0.5) is 10.1 Å². The van der Waals surface area contributed by atoms with Gasteiger partial charge in [-0.15, -0.1) is 0 Å². The number of sulfonamides is 1. The third kappa shape index (κ3) is 3.66. The Balaban J connectivity index is 2.21. The SMILES string of the molecule is CC1CC(NS(=O)(=O)c2cc(N)c(F)cc2Cl)CCN1C. The second-order valence-corrected chi connectivity index (χ2v) is 7.57. The Morgan fingerprint density at radius 2 is 2.14 bits per heavy atom. The Morgan fingerprint density at radius 3 is 2.76 bits per heavy atom. The molecule has 1 aliphatic heterocycles. The first-order chi connectivity index (χ1) is 9.70. The second kappa shape index (κ2) is 6.08. The molecule has 5 nitrogen and oxygen atoms in total. The topological polar surface area (TPSA) is 75.4 Å². The lowest BCUT2D eigenvalue weighted by atomic mass is 10.0. The van der Waals surface area contributed by atoms with Crippen LogP contribution in [0.15, 0.2) is 17.0 Å². The van der Waals surface area contributed by atoms with E-state index in [2.05, 4.69) is 9.62 Å². The lowest BCUT2D eigenvalue weighted by Crippen LogP contribution is -2.47. The first kappa shape index (κ1) is 16.5. The van der Waals surface area contributed by atoms with Crippen LogP contribution in [-0.4, -0.2) is 39.0 Å². The summed E-state index contributed by atoms with van der Waals surface area (Å²) in [5.74, 6) is -0.730. The summed E-state index contributed by atoms with van der Waals surface area (Å²) in [6.07, 6.45) is 1.43. The molecule has 3 N–H and O–H groups in total. The molecular weight excluding hydrogens is 317 g/mol. The zero-order chi connectivity index (χ0) is 15.8. The number of likely N-dealkylation sites (tertiary alicyclic amines) is 1. The Hall–Kier alpha value is -0.890. The lowest BCUT2D eigenvalue weighted by molar-refractivity contribution is 0.178. The number of piperidine rings is 1. The maximum atomic E-state index is 13.3. The van der Waals surface area contributed by atoms with Crippen molar-refractivity contribution >= 4 is 27.3 Å². The van der Waals surface area contributed by atoms with E-state index in [0.29, 0.717) is 18.9 Å². The van der Waals surface area contributed by atoms with Crippen LogP contribution in [0.3, 0.4) is 0 Å². The quantitative estimate of drug-likeness (QED) is 0.826. The summed E-state index contributed by atoms with van der Waals surface area (Å²) < 4.78 is 40.7. The Bertz CT molecular complexity index is 639. The predicted octanol–water partition coefficient (Wildman–Crippen LogP) is 1.82. The van der Waals surface area contributed by atoms with Gasteiger partial charge in [0.05, 0.1) is 10.7 Å². The molecule has 8 heteroatoms. The van der Waals surface area contributed by atoms with Gasteiger partial charge in [0.2, 0.25) is 10.0 Å². The largest absolute Gasteiger partial charge is 0.396 e. The van der Waals surface area contributed by atoms with E-state index in [1.165, 1.54) is 0 Å².